The molecule has 0 aromatic heterocycles. The maximum Gasteiger partial charge on any atom is 0.337 e. The molecule has 21 heavy (non-hydrogen) atoms. The van der Waals surface area contributed by atoms with E-state index in [4.69, 9.17) is 9.84 Å². The first-order valence-electron chi connectivity index (χ1n) is 6.19. The Bertz CT molecular complexity index is 558. The minimum absolute atomic E-state index is 0.0910. The van der Waals surface area contributed by atoms with Gasteiger partial charge in [0.2, 0.25) is 5.91 Å². The molecule has 1 unspecified atom stereocenters. The number of nitro groups is 1. The third kappa shape index (κ3) is 4.84. The summed E-state index contributed by atoms with van der Waals surface area (Å²) in [4.78, 5) is 32.9. The smallest absolute Gasteiger partial charge is 0.337 e. The number of methoxy groups -OCH3 is 1. The number of benzene rings is 1. The molecule has 1 atom stereocenters. The van der Waals surface area contributed by atoms with Crippen molar-refractivity contribution in [3.8, 4) is 0 Å². The molecule has 0 aliphatic carbocycles. The Kier molecular flexibility index (Phi) is 5.79. The first-order chi connectivity index (χ1) is 9.85. The summed E-state index contributed by atoms with van der Waals surface area (Å²) in [5.74, 6) is -1.70. The van der Waals surface area contributed by atoms with Crippen molar-refractivity contribution in [3.05, 3.63) is 33.9 Å². The number of carbonyl (C=O) groups is 2. The Hall–Kier alpha value is -2.48. The highest BCUT2D eigenvalue weighted by atomic mass is 16.6. The fourth-order valence-electron chi connectivity index (χ4n) is 1.60. The molecule has 0 aliphatic rings. The van der Waals surface area contributed by atoms with E-state index in [2.05, 4.69) is 5.32 Å². The van der Waals surface area contributed by atoms with Crippen molar-refractivity contribution < 1.29 is 24.4 Å². The molecule has 0 saturated carbocycles. The number of carboxylic acids is 1. The van der Waals surface area contributed by atoms with Gasteiger partial charge in [-0.05, 0) is 19.4 Å². The molecule has 0 heterocycles. The fourth-order valence-corrected chi connectivity index (χ4v) is 1.60. The molecule has 0 saturated heterocycles. The van der Waals surface area contributed by atoms with Gasteiger partial charge in [-0.2, -0.15) is 0 Å². The van der Waals surface area contributed by atoms with Crippen LogP contribution in [0, 0.1) is 10.1 Å². The van der Waals surface area contributed by atoms with Crippen LogP contribution >= 0.6 is 0 Å². The van der Waals surface area contributed by atoms with Crippen molar-refractivity contribution in [3.63, 3.8) is 0 Å². The molecule has 0 spiro atoms. The van der Waals surface area contributed by atoms with E-state index in [0.717, 1.165) is 18.2 Å². The normalized spacial score (nSPS) is 11.7. The van der Waals surface area contributed by atoms with Crippen molar-refractivity contribution in [1.29, 1.82) is 0 Å². The second kappa shape index (κ2) is 7.34. The van der Waals surface area contributed by atoms with Crippen molar-refractivity contribution >= 4 is 23.3 Å². The first kappa shape index (κ1) is 16.6. The number of carbonyl (C=O) groups excluding carboxylic acids is 1. The van der Waals surface area contributed by atoms with E-state index in [0.29, 0.717) is 6.42 Å². The van der Waals surface area contributed by atoms with E-state index in [1.165, 1.54) is 7.11 Å². The lowest BCUT2D eigenvalue weighted by atomic mass is 10.1. The number of nitrogens with one attached hydrogen (secondary N) is 1. The lowest BCUT2D eigenvalue weighted by Gasteiger charge is -2.11. The van der Waals surface area contributed by atoms with E-state index >= 15 is 0 Å². The molecular weight excluding hydrogens is 280 g/mol. The van der Waals surface area contributed by atoms with Crippen molar-refractivity contribution in [2.24, 2.45) is 0 Å². The van der Waals surface area contributed by atoms with Crippen LogP contribution in [-0.4, -0.2) is 35.1 Å². The molecule has 1 aromatic rings. The number of ether oxygens (including phenoxy) is 1. The predicted molar refractivity (Wildman–Crippen MR) is 74.4 cm³/mol. The zero-order valence-corrected chi connectivity index (χ0v) is 11.7. The summed E-state index contributed by atoms with van der Waals surface area (Å²) in [6.07, 6.45) is 0.468. The summed E-state index contributed by atoms with van der Waals surface area (Å²) >= 11 is 0. The Morgan fingerprint density at radius 3 is 2.67 bits per heavy atom. The summed E-state index contributed by atoms with van der Waals surface area (Å²) in [7, 11) is 1.52. The van der Waals surface area contributed by atoms with E-state index in [9.17, 15) is 19.7 Å². The summed E-state index contributed by atoms with van der Waals surface area (Å²) in [5.41, 5.74) is -0.582. The van der Waals surface area contributed by atoms with Gasteiger partial charge in [0.15, 0.2) is 0 Å². The van der Waals surface area contributed by atoms with Gasteiger partial charge in [0.25, 0.3) is 5.69 Å². The topological polar surface area (TPSA) is 119 Å². The minimum atomic E-state index is -1.27. The van der Waals surface area contributed by atoms with Crippen LogP contribution in [0.1, 0.15) is 30.1 Å². The zero-order valence-electron chi connectivity index (χ0n) is 11.7. The number of hydrogen-bond donors (Lipinski definition) is 2. The molecule has 8 heteroatoms. The number of hydrogen-bond acceptors (Lipinski definition) is 5. The van der Waals surface area contributed by atoms with E-state index in [1.807, 2.05) is 0 Å². The van der Waals surface area contributed by atoms with Crippen molar-refractivity contribution in [2.75, 3.05) is 12.4 Å². The number of carboxylic acid groups (broad SMARTS) is 1. The molecule has 114 valence electrons. The average Bonchev–Trinajstić information content (AvgIpc) is 2.44. The van der Waals surface area contributed by atoms with E-state index in [-0.39, 0.29) is 29.5 Å². The third-order valence-corrected chi connectivity index (χ3v) is 2.90. The molecule has 0 radical (unpaired) electrons. The molecule has 1 amide bonds. The SMILES string of the molecule is COC(C)CCC(=O)Nc1cc([N+](=O)[O-])ccc1C(=O)O. The zero-order chi connectivity index (χ0) is 16.0. The first-order valence-corrected chi connectivity index (χ1v) is 6.19. The number of nitro benzene ring substituents is 1. The van der Waals surface area contributed by atoms with Crippen molar-refractivity contribution in [1.82, 2.24) is 0 Å². The van der Waals surface area contributed by atoms with Crippen LogP contribution in [0.2, 0.25) is 0 Å². The van der Waals surface area contributed by atoms with Gasteiger partial charge in [-0.15, -0.1) is 0 Å². The quantitative estimate of drug-likeness (QED) is 0.587. The maximum absolute atomic E-state index is 11.8. The molecular formula is C13H16N2O6. The Morgan fingerprint density at radius 1 is 1.48 bits per heavy atom. The van der Waals surface area contributed by atoms with Crippen LogP contribution in [0.4, 0.5) is 11.4 Å². The number of amides is 1. The van der Waals surface area contributed by atoms with Gasteiger partial charge in [-0.25, -0.2) is 4.79 Å². The average molecular weight is 296 g/mol. The van der Waals surface area contributed by atoms with E-state index in [1.54, 1.807) is 6.92 Å². The van der Waals surface area contributed by atoms with E-state index < -0.39 is 16.8 Å². The number of anilines is 1. The highest BCUT2D eigenvalue weighted by Gasteiger charge is 2.17. The van der Waals surface area contributed by atoms with Gasteiger partial charge in [-0.3, -0.25) is 14.9 Å². The number of aromatic carboxylic acids is 1. The van der Waals surface area contributed by atoms with Crippen molar-refractivity contribution in [2.45, 2.75) is 25.9 Å². The van der Waals surface area contributed by atoms with Gasteiger partial charge in [0.05, 0.1) is 22.3 Å². The Balaban J connectivity index is 2.89. The highest BCUT2D eigenvalue weighted by Crippen LogP contribution is 2.23. The minimum Gasteiger partial charge on any atom is -0.478 e. The molecule has 1 aromatic carbocycles. The standard InChI is InChI=1S/C13H16N2O6/c1-8(21-2)3-6-12(16)14-11-7-9(15(19)20)4-5-10(11)13(17)18/h4-5,7-8H,3,6H2,1-2H3,(H,14,16)(H,17,18). The monoisotopic (exact) mass is 296 g/mol. The van der Waals surface area contributed by atoms with Gasteiger partial charge in [-0.1, -0.05) is 0 Å². The van der Waals surface area contributed by atoms with Crippen LogP contribution in [0.15, 0.2) is 18.2 Å². The number of non-ortho nitro benzene ring substituents is 1. The third-order valence-electron chi connectivity index (χ3n) is 2.90. The van der Waals surface area contributed by atoms with Gasteiger partial charge in [0, 0.05) is 25.7 Å². The van der Waals surface area contributed by atoms with Crippen LogP contribution in [-0.2, 0) is 9.53 Å². The lowest BCUT2D eigenvalue weighted by molar-refractivity contribution is -0.384. The fraction of sp³-hybridized carbons (Fsp3) is 0.385. The van der Waals surface area contributed by atoms with Gasteiger partial charge < -0.3 is 15.2 Å². The molecule has 0 fully saturated rings. The number of rotatable bonds is 7. The predicted octanol–water partition coefficient (Wildman–Crippen LogP) is 2.05. The molecule has 8 nitrogen and oxygen atoms in total. The largest absolute Gasteiger partial charge is 0.478 e. The summed E-state index contributed by atoms with van der Waals surface area (Å²) in [6, 6.07) is 3.20. The van der Waals surface area contributed by atoms with Gasteiger partial charge >= 0.3 is 5.97 Å². The molecule has 1 rings (SSSR count). The summed E-state index contributed by atoms with van der Waals surface area (Å²) in [5, 5.41) is 22.1. The van der Waals surface area contributed by atoms with Crippen LogP contribution in [0.25, 0.3) is 0 Å². The lowest BCUT2D eigenvalue weighted by Crippen LogP contribution is -2.17. The van der Waals surface area contributed by atoms with Gasteiger partial charge in [0.1, 0.15) is 0 Å². The molecule has 0 bridgehead atoms. The second-order valence-electron chi connectivity index (χ2n) is 4.43. The maximum atomic E-state index is 11.8. The Morgan fingerprint density at radius 2 is 2.14 bits per heavy atom. The second-order valence-corrected chi connectivity index (χ2v) is 4.43. The summed E-state index contributed by atoms with van der Waals surface area (Å²) in [6.45, 7) is 1.79. The summed E-state index contributed by atoms with van der Waals surface area (Å²) < 4.78 is 5.00. The van der Waals surface area contributed by atoms with Crippen LogP contribution in [0.3, 0.4) is 0 Å². The van der Waals surface area contributed by atoms with Crippen LogP contribution < -0.4 is 5.32 Å². The highest BCUT2D eigenvalue weighted by molar-refractivity contribution is 6.01. The molecule has 2 N–H and O–H groups in total. The Labute approximate surface area is 120 Å². The molecule has 0 aliphatic heterocycles. The number of nitrogens with zero attached hydrogens (tertiary/aromatic N) is 1. The van der Waals surface area contributed by atoms with Crippen LogP contribution in [0.5, 0.6) is 0 Å².